The highest BCUT2D eigenvalue weighted by Crippen LogP contribution is 2.62. The number of unbranched alkanes of at least 4 members (excludes halogenated alkanes) is 2. The summed E-state index contributed by atoms with van der Waals surface area (Å²) < 4.78 is 26.3. The minimum atomic E-state index is -1.44. The number of aliphatic hydroxyl groups excluding tert-OH is 2. The van der Waals surface area contributed by atoms with Gasteiger partial charge in [0, 0.05) is 55.2 Å². The van der Waals surface area contributed by atoms with Crippen molar-refractivity contribution in [2.24, 2.45) is 22.9 Å². The van der Waals surface area contributed by atoms with Crippen LogP contribution in [0.15, 0.2) is 114 Å². The molecule has 0 saturated heterocycles. The summed E-state index contributed by atoms with van der Waals surface area (Å²) in [6.07, 6.45) is 12.2. The van der Waals surface area contributed by atoms with E-state index in [0.29, 0.717) is 47.8 Å². The van der Waals surface area contributed by atoms with Crippen molar-refractivity contribution in [3.05, 3.63) is 125 Å². The molecule has 0 radical (unpaired) electrons. The third-order valence-electron chi connectivity index (χ3n) is 11.8. The molecule has 0 unspecified atom stereocenters. The van der Waals surface area contributed by atoms with Gasteiger partial charge in [0.2, 0.25) is 5.79 Å². The number of thioether (sulfide) groups is 1. The van der Waals surface area contributed by atoms with Gasteiger partial charge >= 0.3 is 6.09 Å². The molecule has 1 saturated carbocycles. The Morgan fingerprint density at radius 2 is 1.74 bits per heavy atom. The van der Waals surface area contributed by atoms with Gasteiger partial charge < -0.3 is 38.9 Å². The van der Waals surface area contributed by atoms with Crippen LogP contribution in [0.4, 0.5) is 10.5 Å². The van der Waals surface area contributed by atoms with Gasteiger partial charge in [0.1, 0.15) is 29.9 Å². The lowest BCUT2D eigenvalue weighted by atomic mass is 9.55. The smallest absolute Gasteiger partial charge is 0.409 e. The number of benzene rings is 3. The zero-order valence-electron chi connectivity index (χ0n) is 35.0. The van der Waals surface area contributed by atoms with Crippen LogP contribution in [-0.4, -0.2) is 83.4 Å². The number of aliphatic hydroxyl groups is 2. The lowest BCUT2D eigenvalue weighted by molar-refractivity contribution is -0.384. The molecule has 3 aliphatic rings. The summed E-state index contributed by atoms with van der Waals surface area (Å²) in [4.78, 5) is 33.5. The average Bonchev–Trinajstić information content (AvgIpc) is 3.27. The minimum Gasteiger partial charge on any atom is -0.459 e. The second-order valence-corrected chi connectivity index (χ2v) is 16.4. The maximum atomic E-state index is 13.9. The van der Waals surface area contributed by atoms with Crippen molar-refractivity contribution in [1.29, 1.82) is 0 Å². The van der Waals surface area contributed by atoms with E-state index in [-0.39, 0.29) is 62.9 Å². The van der Waals surface area contributed by atoms with Gasteiger partial charge in [0.15, 0.2) is 0 Å². The van der Waals surface area contributed by atoms with Crippen molar-refractivity contribution in [3.63, 3.8) is 0 Å². The number of hydrogen-bond donors (Lipinski definition) is 2. The number of nitrogens with zero attached hydrogens (tertiary/aromatic N) is 3. The fourth-order valence-electron chi connectivity index (χ4n) is 8.93. The fraction of sp³-hybridized carbons (Fsp3) is 0.447. The van der Waals surface area contributed by atoms with Gasteiger partial charge in [-0.1, -0.05) is 36.2 Å². The Morgan fingerprint density at radius 3 is 2.41 bits per heavy atom. The number of ether oxygens (including phenoxy) is 4. The van der Waals surface area contributed by atoms with Gasteiger partial charge in [0.05, 0.1) is 29.8 Å². The Bertz CT molecular complexity index is 2040. The van der Waals surface area contributed by atoms with Crippen molar-refractivity contribution in [3.8, 4) is 17.2 Å². The van der Waals surface area contributed by atoms with Crippen LogP contribution >= 0.6 is 11.8 Å². The highest BCUT2D eigenvalue weighted by molar-refractivity contribution is 7.98. The van der Waals surface area contributed by atoms with Crippen LogP contribution in [0.5, 0.6) is 17.2 Å². The number of non-ortho nitro benzene ring substituents is 1. The third kappa shape index (κ3) is 10.5. The lowest BCUT2D eigenvalue weighted by Crippen LogP contribution is -2.69. The predicted molar refractivity (Wildman–Crippen MR) is 235 cm³/mol. The first kappa shape index (κ1) is 45.4. The molecule has 6 atom stereocenters. The van der Waals surface area contributed by atoms with Crippen molar-refractivity contribution in [2.45, 2.75) is 80.6 Å². The van der Waals surface area contributed by atoms with Gasteiger partial charge in [-0.25, -0.2) is 4.79 Å². The van der Waals surface area contributed by atoms with Crippen LogP contribution in [0.25, 0.3) is 0 Å². The van der Waals surface area contributed by atoms with Crippen molar-refractivity contribution in [2.75, 3.05) is 39.7 Å². The highest BCUT2D eigenvalue weighted by Gasteiger charge is 2.65. The van der Waals surface area contributed by atoms with Gasteiger partial charge in [-0.15, -0.1) is 24.9 Å². The number of allylic oxidation sites excluding steroid dienone is 1. The van der Waals surface area contributed by atoms with E-state index in [4.69, 9.17) is 28.9 Å². The molecule has 3 aromatic carbocycles. The number of likely N-dealkylation sites (N-methyl/N-ethyl adjacent to an activating group) is 1. The summed E-state index contributed by atoms with van der Waals surface area (Å²) in [5, 5.41) is 35.9. The van der Waals surface area contributed by atoms with E-state index in [2.05, 4.69) is 19.2 Å². The van der Waals surface area contributed by atoms with Gasteiger partial charge in [0.25, 0.3) is 5.69 Å². The number of oxime groups is 1. The third-order valence-corrected chi connectivity index (χ3v) is 12.5. The largest absolute Gasteiger partial charge is 0.459 e. The summed E-state index contributed by atoms with van der Waals surface area (Å²) in [6, 6.07) is 19.1. The lowest BCUT2D eigenvalue weighted by Gasteiger charge is -2.59. The molecule has 1 amide bonds. The molecule has 3 aromatic rings. The quantitative estimate of drug-likeness (QED) is 0.0325. The van der Waals surface area contributed by atoms with E-state index in [1.165, 1.54) is 17.0 Å². The molecule has 0 aromatic heterocycles. The number of carbonyl (C=O) groups is 1. The molecule has 2 N–H and O–H groups in total. The number of amides is 1. The molecular weight excluding hydrogens is 799 g/mol. The summed E-state index contributed by atoms with van der Waals surface area (Å²) >= 11 is 1.65. The molecule has 326 valence electrons. The van der Waals surface area contributed by atoms with Crippen LogP contribution in [0.3, 0.4) is 0 Å². The number of hydrogen-bond acceptors (Lipinski definition) is 12. The molecule has 6 rings (SSSR count). The molecule has 13 nitrogen and oxygen atoms in total. The number of nitro groups is 1. The van der Waals surface area contributed by atoms with Crippen LogP contribution in [-0.2, 0) is 20.9 Å². The normalized spacial score (nSPS) is 23.1. The molecule has 61 heavy (non-hydrogen) atoms. The van der Waals surface area contributed by atoms with Crippen LogP contribution in [0.2, 0.25) is 0 Å². The standard InChI is InChI=1S/C47H57N3O10S/c1-5-7-27-56-46(53)49(3)43-30-41(48-58-31-32-14-16-34(17-15-32)50(54)55)39-28-33(12-8-10-24-51)38(13-9-11-25-52)44-40-29-36(59-35-18-21-37(61-4)22-19-35)20-23-42(40)60-47(43,45(39)44)57-26-6-2/h5-6,14-23,28-29,33,38,43-45,51-52H,1-2,7-13,24-27,30-31H2,3-4H3/t33-,38+,43-,44+,45+,47+/m0/s1. The minimum absolute atomic E-state index is 0.0235. The Hall–Kier alpha value is -5.15. The van der Waals surface area contributed by atoms with Crippen LogP contribution in [0, 0.1) is 27.9 Å². The van der Waals surface area contributed by atoms with E-state index < -0.39 is 28.8 Å². The van der Waals surface area contributed by atoms with Crippen molar-refractivity contribution in [1.82, 2.24) is 4.90 Å². The average molecular weight is 856 g/mol. The monoisotopic (exact) mass is 855 g/mol. The Labute approximate surface area is 362 Å². The summed E-state index contributed by atoms with van der Waals surface area (Å²) in [7, 11) is 1.68. The van der Waals surface area contributed by atoms with Crippen LogP contribution in [0.1, 0.15) is 68.4 Å². The van der Waals surface area contributed by atoms with E-state index in [9.17, 15) is 25.1 Å². The van der Waals surface area contributed by atoms with Gasteiger partial charge in [-0.2, -0.15) is 0 Å². The summed E-state index contributed by atoms with van der Waals surface area (Å²) in [5.41, 5.74) is 3.08. The first-order valence-electron chi connectivity index (χ1n) is 20.9. The zero-order chi connectivity index (χ0) is 43.4. The topological polar surface area (TPSA) is 162 Å². The molecule has 0 bridgehead atoms. The molecule has 2 aliphatic carbocycles. The maximum absolute atomic E-state index is 13.9. The fourth-order valence-corrected chi connectivity index (χ4v) is 9.34. The van der Waals surface area contributed by atoms with Crippen molar-refractivity contribution >= 4 is 29.3 Å². The van der Waals surface area contributed by atoms with E-state index in [1.807, 2.05) is 48.7 Å². The van der Waals surface area contributed by atoms with Crippen LogP contribution < -0.4 is 9.47 Å². The zero-order valence-corrected chi connectivity index (χ0v) is 35.8. The SMILES string of the molecule is C=CCCOC(=O)N(C)[C@H]1CC(=NOCc2ccc([N+](=O)[O-])cc2)C2=C[C@H](CCCCO)[C@@H](CCCCO)[C@@H]3c4cc(Oc5ccc(SC)cc5)ccc4O[C@@]1(OCC=C)[C@H]23. The molecule has 14 heteroatoms. The first-order chi connectivity index (χ1) is 29.7. The second kappa shape index (κ2) is 21.6. The molecule has 1 fully saturated rings. The summed E-state index contributed by atoms with van der Waals surface area (Å²) in [5.74, 6) is -0.223. The predicted octanol–water partition coefficient (Wildman–Crippen LogP) is 9.59. The summed E-state index contributed by atoms with van der Waals surface area (Å²) in [6.45, 7) is 8.20. The highest BCUT2D eigenvalue weighted by atomic mass is 32.2. The Morgan fingerprint density at radius 1 is 1.02 bits per heavy atom. The molecular formula is C47H57N3O10S. The number of rotatable bonds is 22. The van der Waals surface area contributed by atoms with E-state index in [0.717, 1.165) is 41.7 Å². The van der Waals surface area contributed by atoms with Crippen molar-refractivity contribution < 1.29 is 43.7 Å². The van der Waals surface area contributed by atoms with E-state index in [1.54, 1.807) is 43.1 Å². The van der Waals surface area contributed by atoms with E-state index >= 15 is 0 Å². The molecule has 1 heterocycles. The number of nitro benzene ring substituents is 1. The van der Waals surface area contributed by atoms with Gasteiger partial charge in [-0.3, -0.25) is 10.1 Å². The number of fused-ring (bicyclic) bond motifs is 2. The molecule has 0 spiro atoms. The Kier molecular flexibility index (Phi) is 16.1. The maximum Gasteiger partial charge on any atom is 0.409 e. The van der Waals surface area contributed by atoms with Gasteiger partial charge in [-0.05, 0) is 116 Å². The second-order valence-electron chi connectivity index (χ2n) is 15.5. The Balaban J connectivity index is 1.52. The first-order valence-corrected chi connectivity index (χ1v) is 22.2. The molecule has 1 aliphatic heterocycles. The number of carbonyl (C=O) groups excluding carboxylic acids is 1.